The number of anilines is 1. The van der Waals surface area contributed by atoms with Crippen LogP contribution in [0.1, 0.15) is 5.56 Å². The molecule has 0 radical (unpaired) electrons. The second-order valence-corrected chi connectivity index (χ2v) is 7.09. The van der Waals surface area contributed by atoms with Crippen molar-refractivity contribution in [1.29, 1.82) is 0 Å². The van der Waals surface area contributed by atoms with Gasteiger partial charge < -0.3 is 19.6 Å². The molecule has 25 heavy (non-hydrogen) atoms. The van der Waals surface area contributed by atoms with Gasteiger partial charge in [-0.25, -0.2) is 0 Å². The highest BCUT2D eigenvalue weighted by molar-refractivity contribution is 6.30. The molecule has 2 N–H and O–H groups in total. The lowest BCUT2D eigenvalue weighted by molar-refractivity contribution is -0.903. The molecule has 3 rings (SSSR count). The van der Waals surface area contributed by atoms with Crippen molar-refractivity contribution in [3.63, 3.8) is 0 Å². The minimum atomic E-state index is -0.449. The van der Waals surface area contributed by atoms with Crippen LogP contribution in [0, 0.1) is 6.92 Å². The monoisotopic (exact) mass is 361 g/mol. The smallest absolute Gasteiger partial charge is 0.137 e. The zero-order chi connectivity index (χ0) is 17.6. The number of rotatable bonds is 6. The topological polar surface area (TPSA) is 37.1 Å². The fraction of sp³-hybridized carbons (Fsp3) is 0.400. The summed E-state index contributed by atoms with van der Waals surface area (Å²) < 4.78 is 5.64. The van der Waals surface area contributed by atoms with Crippen molar-refractivity contribution < 1.29 is 14.7 Å². The second-order valence-electron chi connectivity index (χ2n) is 6.65. The van der Waals surface area contributed by atoms with E-state index < -0.39 is 6.10 Å². The third kappa shape index (κ3) is 5.11. The third-order valence-electron chi connectivity index (χ3n) is 4.69. The molecule has 5 heteroatoms. The Morgan fingerprint density at radius 2 is 1.88 bits per heavy atom. The molecule has 0 spiro atoms. The lowest BCUT2D eigenvalue weighted by atomic mass is 10.1. The predicted octanol–water partition coefficient (Wildman–Crippen LogP) is 1.79. The number of nitrogens with zero attached hydrogens (tertiary/aromatic N) is 1. The van der Waals surface area contributed by atoms with E-state index in [-0.39, 0.29) is 0 Å². The highest BCUT2D eigenvalue weighted by atomic mass is 35.5. The first-order valence-electron chi connectivity index (χ1n) is 8.82. The van der Waals surface area contributed by atoms with E-state index in [4.69, 9.17) is 16.3 Å². The van der Waals surface area contributed by atoms with Crippen LogP contribution in [0.4, 0.5) is 5.69 Å². The van der Waals surface area contributed by atoms with Gasteiger partial charge in [0.1, 0.15) is 25.0 Å². The summed E-state index contributed by atoms with van der Waals surface area (Å²) in [7, 11) is 0. The van der Waals surface area contributed by atoms with E-state index in [9.17, 15) is 5.11 Å². The van der Waals surface area contributed by atoms with E-state index in [1.165, 1.54) is 16.2 Å². The largest absolute Gasteiger partial charge is 0.491 e. The van der Waals surface area contributed by atoms with Crippen molar-refractivity contribution in [3.05, 3.63) is 59.1 Å². The number of aliphatic hydroxyl groups is 1. The van der Waals surface area contributed by atoms with Crippen LogP contribution in [-0.2, 0) is 0 Å². The number of nitrogens with one attached hydrogen (secondary N) is 1. The number of ether oxygens (including phenoxy) is 1. The molecule has 1 aliphatic heterocycles. The van der Waals surface area contributed by atoms with Gasteiger partial charge in [-0.15, -0.1) is 0 Å². The number of piperazine rings is 1. The van der Waals surface area contributed by atoms with Gasteiger partial charge in [-0.05, 0) is 36.8 Å². The number of para-hydroxylation sites is 1. The first kappa shape index (κ1) is 18.1. The number of quaternary nitrogens is 1. The Morgan fingerprint density at radius 1 is 1.16 bits per heavy atom. The van der Waals surface area contributed by atoms with Crippen LogP contribution < -0.4 is 14.5 Å². The van der Waals surface area contributed by atoms with Gasteiger partial charge in [0, 0.05) is 10.7 Å². The van der Waals surface area contributed by atoms with Gasteiger partial charge in [-0.1, -0.05) is 35.9 Å². The summed E-state index contributed by atoms with van der Waals surface area (Å²) in [6.07, 6.45) is -0.449. The van der Waals surface area contributed by atoms with Crippen LogP contribution in [-0.4, -0.2) is 50.5 Å². The second kappa shape index (κ2) is 8.56. The molecule has 1 saturated heterocycles. The molecule has 0 aromatic heterocycles. The quantitative estimate of drug-likeness (QED) is 0.823. The van der Waals surface area contributed by atoms with Crippen LogP contribution in [0.2, 0.25) is 5.02 Å². The highest BCUT2D eigenvalue weighted by Gasteiger charge is 2.23. The van der Waals surface area contributed by atoms with E-state index >= 15 is 0 Å². The summed E-state index contributed by atoms with van der Waals surface area (Å²) in [5.41, 5.74) is 2.48. The van der Waals surface area contributed by atoms with Crippen LogP contribution in [0.25, 0.3) is 0 Å². The molecule has 1 fully saturated rings. The highest BCUT2D eigenvalue weighted by Crippen LogP contribution is 2.24. The molecule has 2 aromatic carbocycles. The van der Waals surface area contributed by atoms with Gasteiger partial charge in [0.2, 0.25) is 0 Å². The molecule has 1 aliphatic rings. The summed E-state index contributed by atoms with van der Waals surface area (Å²) >= 11 is 6.14. The first-order valence-corrected chi connectivity index (χ1v) is 9.20. The SMILES string of the molecule is Cc1ccc(Cl)cc1N1CC[NH+](C[C@@H](O)COc2ccccc2)CC1. The maximum Gasteiger partial charge on any atom is 0.137 e. The molecule has 1 heterocycles. The third-order valence-corrected chi connectivity index (χ3v) is 4.93. The normalized spacial score (nSPS) is 16.7. The molecule has 0 unspecified atom stereocenters. The van der Waals surface area contributed by atoms with E-state index in [1.807, 2.05) is 42.5 Å². The summed E-state index contributed by atoms with van der Waals surface area (Å²) in [6.45, 7) is 7.14. The van der Waals surface area contributed by atoms with Gasteiger partial charge in [0.05, 0.1) is 26.2 Å². The fourth-order valence-corrected chi connectivity index (χ4v) is 3.46. The molecule has 0 saturated carbocycles. The molecule has 1 atom stereocenters. The van der Waals surface area contributed by atoms with Crippen LogP contribution in [0.15, 0.2) is 48.5 Å². The lowest BCUT2D eigenvalue weighted by Crippen LogP contribution is -3.16. The molecular formula is C20H26ClN2O2+. The average molecular weight is 362 g/mol. The van der Waals surface area contributed by atoms with Crippen molar-refractivity contribution >= 4 is 17.3 Å². The molecule has 4 nitrogen and oxygen atoms in total. The van der Waals surface area contributed by atoms with Crippen LogP contribution in [0.3, 0.4) is 0 Å². The summed E-state index contributed by atoms with van der Waals surface area (Å²) in [5.74, 6) is 0.804. The fourth-order valence-electron chi connectivity index (χ4n) is 3.29. The molecule has 0 amide bonds. The Bertz CT molecular complexity index is 673. The summed E-state index contributed by atoms with van der Waals surface area (Å²) in [5, 5.41) is 11.0. The first-order chi connectivity index (χ1) is 12.1. The minimum absolute atomic E-state index is 0.338. The summed E-state index contributed by atoms with van der Waals surface area (Å²) in [6, 6.07) is 15.7. The zero-order valence-electron chi connectivity index (χ0n) is 14.6. The Morgan fingerprint density at radius 3 is 2.60 bits per heavy atom. The Labute approximate surface area is 154 Å². The van der Waals surface area contributed by atoms with Crippen molar-refractivity contribution in [2.45, 2.75) is 13.0 Å². The number of halogens is 1. The van der Waals surface area contributed by atoms with Crippen LogP contribution in [0.5, 0.6) is 5.75 Å². The lowest BCUT2D eigenvalue weighted by Gasteiger charge is -2.35. The zero-order valence-corrected chi connectivity index (χ0v) is 15.4. The average Bonchev–Trinajstić information content (AvgIpc) is 2.64. The summed E-state index contributed by atoms with van der Waals surface area (Å²) in [4.78, 5) is 3.80. The molecule has 2 aromatic rings. The number of hydrogen-bond acceptors (Lipinski definition) is 3. The minimum Gasteiger partial charge on any atom is -0.491 e. The molecule has 0 bridgehead atoms. The Hall–Kier alpha value is -1.75. The van der Waals surface area contributed by atoms with Crippen molar-refractivity contribution in [1.82, 2.24) is 0 Å². The van der Waals surface area contributed by atoms with Gasteiger partial charge in [0.25, 0.3) is 0 Å². The maximum atomic E-state index is 10.2. The van der Waals surface area contributed by atoms with Gasteiger partial charge in [-0.2, -0.15) is 0 Å². The standard InChI is InChI=1S/C20H25ClN2O2/c1-16-7-8-17(21)13-20(16)23-11-9-22(10-12-23)14-18(24)15-25-19-5-3-2-4-6-19/h2-8,13,18,24H,9-12,14-15H2,1H3/p+1/t18-/m1/s1. The van der Waals surface area contributed by atoms with Gasteiger partial charge >= 0.3 is 0 Å². The number of aryl methyl sites for hydroxylation is 1. The number of benzene rings is 2. The molecular weight excluding hydrogens is 336 g/mol. The van der Waals surface area contributed by atoms with Gasteiger partial charge in [-0.3, -0.25) is 0 Å². The van der Waals surface area contributed by atoms with E-state index in [0.29, 0.717) is 6.61 Å². The predicted molar refractivity (Wildman–Crippen MR) is 102 cm³/mol. The van der Waals surface area contributed by atoms with Crippen molar-refractivity contribution in [3.8, 4) is 5.75 Å². The Balaban J connectivity index is 1.45. The van der Waals surface area contributed by atoms with Gasteiger partial charge in [0.15, 0.2) is 0 Å². The van der Waals surface area contributed by atoms with E-state index in [0.717, 1.165) is 43.5 Å². The molecule has 0 aliphatic carbocycles. The molecule has 134 valence electrons. The van der Waals surface area contributed by atoms with E-state index in [2.05, 4.69) is 17.9 Å². The van der Waals surface area contributed by atoms with E-state index in [1.54, 1.807) is 0 Å². The number of aliphatic hydroxyl groups excluding tert-OH is 1. The Kier molecular flexibility index (Phi) is 6.19. The number of hydrogen-bond donors (Lipinski definition) is 2. The van der Waals surface area contributed by atoms with Crippen molar-refractivity contribution in [2.75, 3.05) is 44.2 Å². The maximum absolute atomic E-state index is 10.2. The van der Waals surface area contributed by atoms with Crippen LogP contribution >= 0.6 is 11.6 Å². The van der Waals surface area contributed by atoms with Crippen molar-refractivity contribution in [2.24, 2.45) is 0 Å².